The van der Waals surface area contributed by atoms with E-state index in [1.54, 1.807) is 17.1 Å². The van der Waals surface area contributed by atoms with Gasteiger partial charge in [-0.2, -0.15) is 5.10 Å². The van der Waals surface area contributed by atoms with Crippen molar-refractivity contribution in [3.8, 4) is 17.1 Å². The molecule has 0 aliphatic rings. The van der Waals surface area contributed by atoms with Gasteiger partial charge in [-0.3, -0.25) is 4.98 Å². The number of benzene rings is 2. The summed E-state index contributed by atoms with van der Waals surface area (Å²) >= 11 is 11.5. The number of ether oxygens (including phenoxy) is 1. The molecule has 146 valence electrons. The Hall–Kier alpha value is -3.16. The van der Waals surface area contributed by atoms with Gasteiger partial charge in [0.1, 0.15) is 12.4 Å². The lowest BCUT2D eigenvalue weighted by molar-refractivity contribution is 0.306. The fourth-order valence-corrected chi connectivity index (χ4v) is 3.18. The topological polar surface area (TPSA) is 67.8 Å². The molecule has 2 aromatic heterocycles. The SMILES string of the molecule is S=c1[nH]nc(-c2ccncc2)n1NCc1ccc(OCc2ccccc2Cl)cc1. The van der Waals surface area contributed by atoms with Crippen LogP contribution in [0.1, 0.15) is 11.1 Å². The Morgan fingerprint density at radius 1 is 1.03 bits per heavy atom. The summed E-state index contributed by atoms with van der Waals surface area (Å²) in [5.74, 6) is 1.49. The first-order chi connectivity index (χ1) is 14.2. The van der Waals surface area contributed by atoms with Crippen molar-refractivity contribution in [2.45, 2.75) is 13.2 Å². The van der Waals surface area contributed by atoms with Crippen molar-refractivity contribution in [3.63, 3.8) is 0 Å². The Morgan fingerprint density at radius 2 is 1.79 bits per heavy atom. The van der Waals surface area contributed by atoms with Crippen LogP contribution in [0.15, 0.2) is 73.1 Å². The van der Waals surface area contributed by atoms with Gasteiger partial charge in [0.25, 0.3) is 0 Å². The van der Waals surface area contributed by atoms with E-state index >= 15 is 0 Å². The molecule has 0 bridgehead atoms. The number of hydrogen-bond donors (Lipinski definition) is 2. The van der Waals surface area contributed by atoms with E-state index < -0.39 is 0 Å². The highest BCUT2D eigenvalue weighted by molar-refractivity contribution is 7.71. The van der Waals surface area contributed by atoms with E-state index in [0.29, 0.717) is 28.8 Å². The van der Waals surface area contributed by atoms with E-state index in [0.717, 1.165) is 22.4 Å². The molecule has 29 heavy (non-hydrogen) atoms. The minimum absolute atomic E-state index is 0.427. The van der Waals surface area contributed by atoms with Gasteiger partial charge in [-0.15, -0.1) is 0 Å². The fraction of sp³-hybridized carbons (Fsp3) is 0.0952. The highest BCUT2D eigenvalue weighted by Gasteiger charge is 2.08. The summed E-state index contributed by atoms with van der Waals surface area (Å²) in [5, 5.41) is 7.82. The van der Waals surface area contributed by atoms with E-state index in [4.69, 9.17) is 28.6 Å². The second-order valence-electron chi connectivity index (χ2n) is 6.28. The molecule has 2 aromatic carbocycles. The molecule has 0 radical (unpaired) electrons. The maximum Gasteiger partial charge on any atom is 0.214 e. The molecule has 0 saturated carbocycles. The van der Waals surface area contributed by atoms with Crippen LogP contribution in [0.4, 0.5) is 0 Å². The number of rotatable bonds is 7. The average molecular weight is 424 g/mol. The Labute approximate surface area is 178 Å². The molecule has 8 heteroatoms. The van der Waals surface area contributed by atoms with Gasteiger partial charge in [0, 0.05) is 28.5 Å². The second-order valence-corrected chi connectivity index (χ2v) is 7.08. The first-order valence-corrected chi connectivity index (χ1v) is 9.76. The smallest absolute Gasteiger partial charge is 0.214 e. The number of aromatic nitrogens is 4. The van der Waals surface area contributed by atoms with Crippen molar-refractivity contribution >= 4 is 23.8 Å². The highest BCUT2D eigenvalue weighted by Crippen LogP contribution is 2.19. The van der Waals surface area contributed by atoms with Crippen LogP contribution in [-0.4, -0.2) is 19.9 Å². The van der Waals surface area contributed by atoms with Crippen molar-refractivity contribution < 1.29 is 4.74 Å². The van der Waals surface area contributed by atoms with Gasteiger partial charge in [-0.25, -0.2) is 9.77 Å². The van der Waals surface area contributed by atoms with Gasteiger partial charge >= 0.3 is 0 Å². The number of nitrogens with zero attached hydrogens (tertiary/aromatic N) is 3. The van der Waals surface area contributed by atoms with Crippen molar-refractivity contribution in [3.05, 3.63) is 94.0 Å². The van der Waals surface area contributed by atoms with Gasteiger partial charge in [0.05, 0.1) is 6.54 Å². The normalized spacial score (nSPS) is 10.7. The summed E-state index contributed by atoms with van der Waals surface area (Å²) < 4.78 is 8.08. The minimum Gasteiger partial charge on any atom is -0.489 e. The van der Waals surface area contributed by atoms with E-state index in [-0.39, 0.29) is 0 Å². The van der Waals surface area contributed by atoms with Crippen LogP contribution in [-0.2, 0) is 13.2 Å². The Morgan fingerprint density at radius 3 is 2.55 bits per heavy atom. The molecule has 0 aliphatic heterocycles. The standard InChI is InChI=1S/C21H18ClN5OS/c22-19-4-2-1-3-17(19)14-28-18-7-5-15(6-8-18)13-24-27-20(25-26-21(27)29)16-9-11-23-12-10-16/h1-12,24H,13-14H2,(H,26,29). The van der Waals surface area contributed by atoms with Crippen LogP contribution < -0.4 is 10.2 Å². The zero-order valence-electron chi connectivity index (χ0n) is 15.4. The third kappa shape index (κ3) is 4.64. The molecule has 0 atom stereocenters. The summed E-state index contributed by atoms with van der Waals surface area (Å²) in [7, 11) is 0. The number of hydrogen-bond acceptors (Lipinski definition) is 5. The van der Waals surface area contributed by atoms with E-state index in [1.807, 2.05) is 60.7 Å². The maximum atomic E-state index is 6.17. The molecule has 0 fully saturated rings. The summed E-state index contributed by atoms with van der Waals surface area (Å²) in [6.45, 7) is 1.01. The molecule has 4 rings (SSSR count). The number of nitrogens with one attached hydrogen (secondary N) is 2. The zero-order valence-corrected chi connectivity index (χ0v) is 17.0. The van der Waals surface area contributed by atoms with Crippen molar-refractivity contribution in [1.82, 2.24) is 19.9 Å². The predicted molar refractivity (Wildman–Crippen MR) is 116 cm³/mol. The molecule has 0 spiro atoms. The molecule has 2 N–H and O–H groups in total. The molecule has 6 nitrogen and oxygen atoms in total. The molecular weight excluding hydrogens is 406 g/mol. The van der Waals surface area contributed by atoms with E-state index in [2.05, 4.69) is 20.6 Å². The van der Waals surface area contributed by atoms with E-state index in [9.17, 15) is 0 Å². The predicted octanol–water partition coefficient (Wildman–Crippen LogP) is 4.98. The first-order valence-electron chi connectivity index (χ1n) is 8.97. The van der Waals surface area contributed by atoms with Gasteiger partial charge in [-0.05, 0) is 48.1 Å². The molecule has 4 aromatic rings. The zero-order chi connectivity index (χ0) is 20.1. The maximum absolute atomic E-state index is 6.17. The van der Waals surface area contributed by atoms with Crippen LogP contribution in [0.2, 0.25) is 5.02 Å². The van der Waals surface area contributed by atoms with Crippen LogP contribution in [0, 0.1) is 4.77 Å². The Kier molecular flexibility index (Phi) is 5.88. The summed E-state index contributed by atoms with van der Waals surface area (Å²) in [6.07, 6.45) is 3.44. The molecular formula is C21H18ClN5OS. The van der Waals surface area contributed by atoms with Crippen LogP contribution >= 0.6 is 23.8 Å². The van der Waals surface area contributed by atoms with Gasteiger partial charge in [0.2, 0.25) is 4.77 Å². The summed E-state index contributed by atoms with van der Waals surface area (Å²) in [6, 6.07) is 19.3. The number of aromatic amines is 1. The van der Waals surface area contributed by atoms with Gasteiger partial charge in [0.15, 0.2) is 5.82 Å². The molecule has 0 amide bonds. The molecule has 0 saturated heterocycles. The highest BCUT2D eigenvalue weighted by atomic mass is 35.5. The Balaban J connectivity index is 1.40. The monoisotopic (exact) mass is 423 g/mol. The first kappa shape index (κ1) is 19.2. The third-order valence-corrected chi connectivity index (χ3v) is 4.97. The van der Waals surface area contributed by atoms with Crippen molar-refractivity contribution in [2.75, 3.05) is 5.43 Å². The lowest BCUT2D eigenvalue weighted by Crippen LogP contribution is -2.15. The average Bonchev–Trinajstić information content (AvgIpc) is 3.13. The third-order valence-electron chi connectivity index (χ3n) is 4.33. The van der Waals surface area contributed by atoms with E-state index in [1.165, 1.54) is 0 Å². The van der Waals surface area contributed by atoms with Crippen LogP contribution in [0.5, 0.6) is 5.75 Å². The summed E-state index contributed by atoms with van der Waals surface area (Å²) in [4.78, 5) is 4.04. The Bertz CT molecular complexity index is 1140. The fourth-order valence-electron chi connectivity index (χ4n) is 2.79. The quantitative estimate of drug-likeness (QED) is 0.410. The summed E-state index contributed by atoms with van der Waals surface area (Å²) in [5.41, 5.74) is 6.26. The molecule has 2 heterocycles. The van der Waals surface area contributed by atoms with Gasteiger partial charge in [-0.1, -0.05) is 41.9 Å². The number of H-pyrrole nitrogens is 1. The van der Waals surface area contributed by atoms with Gasteiger partial charge < -0.3 is 10.2 Å². The number of pyridine rings is 1. The van der Waals surface area contributed by atoms with Crippen LogP contribution in [0.25, 0.3) is 11.4 Å². The largest absolute Gasteiger partial charge is 0.489 e. The molecule has 0 aliphatic carbocycles. The lowest BCUT2D eigenvalue weighted by atomic mass is 10.2. The van der Waals surface area contributed by atoms with Crippen molar-refractivity contribution in [2.24, 2.45) is 0 Å². The minimum atomic E-state index is 0.427. The van der Waals surface area contributed by atoms with Crippen molar-refractivity contribution in [1.29, 1.82) is 0 Å². The lowest BCUT2D eigenvalue weighted by Gasteiger charge is -2.11. The van der Waals surface area contributed by atoms with Crippen LogP contribution in [0.3, 0.4) is 0 Å². The number of halogens is 1. The molecule has 0 unspecified atom stereocenters. The second kappa shape index (κ2) is 8.89.